The molecule has 33 heavy (non-hydrogen) atoms. The summed E-state index contributed by atoms with van der Waals surface area (Å²) in [5.74, 6) is 0. The summed E-state index contributed by atoms with van der Waals surface area (Å²) in [7, 11) is -3.12. The first-order valence-corrected chi connectivity index (χ1v) is 13.1. The summed E-state index contributed by atoms with van der Waals surface area (Å²) in [6, 6.07) is 29.2. The fraction of sp³-hybridized carbons (Fsp3) is 0.308. The van der Waals surface area contributed by atoms with Crippen molar-refractivity contribution >= 4 is 24.7 Å². The molecule has 1 saturated heterocycles. The van der Waals surface area contributed by atoms with E-state index >= 15 is 0 Å². The Morgan fingerprint density at radius 1 is 0.636 bits per heavy atom. The standard InChI is InChI=1S/C26H32N3O3P/c1-3-31-33(30,32-4-2)19-23-15-17-26(18-16-23)29-21-27(24-11-7-5-8-12-24)20-28(22-29)25-13-9-6-10-14-25/h5-18H,3-4,19-22H2,1-2H3. The molecule has 6 nitrogen and oxygen atoms in total. The minimum atomic E-state index is -3.12. The minimum absolute atomic E-state index is 0.279. The summed E-state index contributed by atoms with van der Waals surface area (Å²) in [5.41, 5.74) is 4.44. The molecular weight excluding hydrogens is 433 g/mol. The average molecular weight is 466 g/mol. The molecule has 0 spiro atoms. The van der Waals surface area contributed by atoms with Gasteiger partial charge in [0.2, 0.25) is 0 Å². The van der Waals surface area contributed by atoms with Gasteiger partial charge in [-0.1, -0.05) is 48.5 Å². The van der Waals surface area contributed by atoms with Crippen LogP contribution >= 0.6 is 7.60 Å². The largest absolute Gasteiger partial charge is 0.336 e. The zero-order valence-corrected chi connectivity index (χ0v) is 20.2. The van der Waals surface area contributed by atoms with Crippen LogP contribution in [0.3, 0.4) is 0 Å². The number of benzene rings is 3. The third-order valence-corrected chi connectivity index (χ3v) is 7.65. The van der Waals surface area contributed by atoms with Crippen molar-refractivity contribution in [3.8, 4) is 0 Å². The summed E-state index contributed by atoms with van der Waals surface area (Å²) in [4.78, 5) is 7.07. The minimum Gasteiger partial charge on any atom is -0.336 e. The summed E-state index contributed by atoms with van der Waals surface area (Å²) in [6.45, 7) is 6.78. The molecule has 0 aliphatic carbocycles. The zero-order chi connectivity index (χ0) is 23.1. The van der Waals surface area contributed by atoms with Gasteiger partial charge in [-0.3, -0.25) is 4.57 Å². The number of hydrogen-bond acceptors (Lipinski definition) is 6. The van der Waals surface area contributed by atoms with Crippen molar-refractivity contribution in [3.63, 3.8) is 0 Å². The number of para-hydroxylation sites is 2. The number of anilines is 3. The molecule has 4 rings (SSSR count). The SMILES string of the molecule is CCOP(=O)(Cc1ccc(N2CN(c3ccccc3)CN(c3ccccc3)C2)cc1)OCC. The predicted molar refractivity (Wildman–Crippen MR) is 136 cm³/mol. The summed E-state index contributed by atoms with van der Waals surface area (Å²) in [6.07, 6.45) is 0.279. The second-order valence-electron chi connectivity index (χ2n) is 7.99. The topological polar surface area (TPSA) is 45.2 Å². The Bertz CT molecular complexity index is 990. The van der Waals surface area contributed by atoms with Crippen LogP contribution in [-0.2, 0) is 19.8 Å². The molecule has 0 aromatic heterocycles. The van der Waals surface area contributed by atoms with Crippen molar-refractivity contribution in [1.29, 1.82) is 0 Å². The molecule has 1 aliphatic heterocycles. The van der Waals surface area contributed by atoms with Crippen molar-refractivity contribution in [3.05, 3.63) is 90.5 Å². The quantitative estimate of drug-likeness (QED) is 0.353. The molecule has 0 bridgehead atoms. The first-order valence-electron chi connectivity index (χ1n) is 11.4. The van der Waals surface area contributed by atoms with Crippen LogP contribution in [0.4, 0.5) is 17.1 Å². The van der Waals surface area contributed by atoms with E-state index in [0.717, 1.165) is 31.3 Å². The van der Waals surface area contributed by atoms with Crippen molar-refractivity contribution < 1.29 is 13.6 Å². The van der Waals surface area contributed by atoms with Gasteiger partial charge in [0.05, 0.1) is 39.4 Å². The van der Waals surface area contributed by atoms with E-state index in [4.69, 9.17) is 9.05 Å². The number of rotatable bonds is 9. The molecule has 1 fully saturated rings. The van der Waals surface area contributed by atoms with Crippen LogP contribution in [0, 0.1) is 0 Å². The Balaban J connectivity index is 1.55. The molecule has 3 aromatic rings. The van der Waals surface area contributed by atoms with Crippen LogP contribution < -0.4 is 14.7 Å². The highest BCUT2D eigenvalue weighted by Crippen LogP contribution is 2.51. The maximum Gasteiger partial charge on any atom is 0.335 e. The average Bonchev–Trinajstić information content (AvgIpc) is 2.85. The van der Waals surface area contributed by atoms with E-state index in [9.17, 15) is 4.57 Å². The van der Waals surface area contributed by atoms with Gasteiger partial charge in [-0.2, -0.15) is 0 Å². The van der Waals surface area contributed by atoms with Gasteiger partial charge in [-0.15, -0.1) is 0 Å². The Hall–Kier alpha value is -2.79. The van der Waals surface area contributed by atoms with Crippen LogP contribution in [0.15, 0.2) is 84.9 Å². The summed E-state index contributed by atoms with van der Waals surface area (Å²) >= 11 is 0. The van der Waals surface area contributed by atoms with Crippen molar-refractivity contribution in [2.45, 2.75) is 20.0 Å². The first kappa shape index (κ1) is 23.4. The summed E-state index contributed by atoms with van der Waals surface area (Å²) in [5, 5.41) is 0. The highest BCUT2D eigenvalue weighted by atomic mass is 31.2. The molecule has 1 heterocycles. The Morgan fingerprint density at radius 3 is 1.42 bits per heavy atom. The van der Waals surface area contributed by atoms with Crippen LogP contribution in [0.1, 0.15) is 19.4 Å². The van der Waals surface area contributed by atoms with Crippen molar-refractivity contribution in [2.75, 3.05) is 47.9 Å². The Kier molecular flexibility index (Phi) is 7.71. The second kappa shape index (κ2) is 10.9. The lowest BCUT2D eigenvalue weighted by Gasteiger charge is -2.45. The first-order chi connectivity index (χ1) is 16.1. The van der Waals surface area contributed by atoms with Crippen molar-refractivity contribution in [2.24, 2.45) is 0 Å². The molecule has 7 heteroatoms. The van der Waals surface area contributed by atoms with E-state index in [1.165, 1.54) is 11.4 Å². The molecule has 0 saturated carbocycles. The van der Waals surface area contributed by atoms with Gasteiger partial charge in [0, 0.05) is 17.1 Å². The maximum atomic E-state index is 12.9. The molecule has 0 atom stereocenters. The Labute approximate surface area is 196 Å². The van der Waals surface area contributed by atoms with Gasteiger partial charge in [0.25, 0.3) is 0 Å². The smallest absolute Gasteiger partial charge is 0.335 e. The van der Waals surface area contributed by atoms with Gasteiger partial charge in [-0.05, 0) is 55.8 Å². The fourth-order valence-corrected chi connectivity index (χ4v) is 5.78. The van der Waals surface area contributed by atoms with Gasteiger partial charge in [-0.25, -0.2) is 0 Å². The maximum absolute atomic E-state index is 12.9. The van der Waals surface area contributed by atoms with Gasteiger partial charge in [0.15, 0.2) is 0 Å². The molecular formula is C26H32N3O3P. The van der Waals surface area contributed by atoms with Gasteiger partial charge in [0.1, 0.15) is 0 Å². The highest BCUT2D eigenvalue weighted by Gasteiger charge is 2.26. The zero-order valence-electron chi connectivity index (χ0n) is 19.3. The predicted octanol–water partition coefficient (Wildman–Crippen LogP) is 6.16. The van der Waals surface area contributed by atoms with Crippen molar-refractivity contribution in [1.82, 2.24) is 0 Å². The molecule has 1 aliphatic rings. The monoisotopic (exact) mass is 465 g/mol. The van der Waals surface area contributed by atoms with E-state index in [2.05, 4.69) is 75.4 Å². The molecule has 0 N–H and O–H groups in total. The third-order valence-electron chi connectivity index (χ3n) is 5.60. The molecule has 0 amide bonds. The Morgan fingerprint density at radius 2 is 1.03 bits per heavy atom. The number of hydrogen-bond donors (Lipinski definition) is 0. The lowest BCUT2D eigenvalue weighted by molar-refractivity contribution is 0.219. The van der Waals surface area contributed by atoms with E-state index in [1.807, 2.05) is 38.1 Å². The third kappa shape index (κ3) is 5.97. The van der Waals surface area contributed by atoms with Crippen LogP contribution in [0.5, 0.6) is 0 Å². The summed E-state index contributed by atoms with van der Waals surface area (Å²) < 4.78 is 23.8. The number of nitrogens with zero attached hydrogens (tertiary/aromatic N) is 3. The normalized spacial score (nSPS) is 14.5. The van der Waals surface area contributed by atoms with Crippen LogP contribution in [0.2, 0.25) is 0 Å². The highest BCUT2D eigenvalue weighted by molar-refractivity contribution is 7.53. The second-order valence-corrected chi connectivity index (χ2v) is 10.0. The van der Waals surface area contributed by atoms with Crippen LogP contribution in [-0.4, -0.2) is 33.2 Å². The van der Waals surface area contributed by atoms with E-state index in [-0.39, 0.29) is 6.16 Å². The molecule has 0 radical (unpaired) electrons. The fourth-order valence-electron chi connectivity index (χ4n) is 4.08. The molecule has 3 aromatic carbocycles. The van der Waals surface area contributed by atoms with E-state index in [1.54, 1.807) is 0 Å². The van der Waals surface area contributed by atoms with Gasteiger partial charge >= 0.3 is 7.60 Å². The lowest BCUT2D eigenvalue weighted by atomic mass is 10.2. The lowest BCUT2D eigenvalue weighted by Crippen LogP contribution is -2.55. The van der Waals surface area contributed by atoms with E-state index < -0.39 is 7.60 Å². The molecule has 0 unspecified atom stereocenters. The van der Waals surface area contributed by atoms with E-state index in [0.29, 0.717) is 13.2 Å². The van der Waals surface area contributed by atoms with Gasteiger partial charge < -0.3 is 23.7 Å². The van der Waals surface area contributed by atoms with Crippen LogP contribution in [0.25, 0.3) is 0 Å². The molecule has 174 valence electrons.